The molecule has 0 saturated carbocycles. The number of benzene rings is 1. The third-order valence-electron chi connectivity index (χ3n) is 2.92. The second-order valence-electron chi connectivity index (χ2n) is 4.47. The number of thiazole rings is 1. The maximum Gasteiger partial charge on any atom is 0.270 e. The van der Waals surface area contributed by atoms with Crippen molar-refractivity contribution in [3.63, 3.8) is 0 Å². The molecule has 0 aliphatic carbocycles. The second kappa shape index (κ2) is 5.42. The van der Waals surface area contributed by atoms with Gasteiger partial charge in [-0.1, -0.05) is 35.5 Å². The predicted molar refractivity (Wildman–Crippen MR) is 77.9 cm³/mol. The molecule has 3 rings (SSSR count). The summed E-state index contributed by atoms with van der Waals surface area (Å²) in [7, 11) is 0. The molecule has 20 heavy (non-hydrogen) atoms. The fourth-order valence-electron chi connectivity index (χ4n) is 1.92. The van der Waals surface area contributed by atoms with E-state index >= 15 is 0 Å². The molecular weight excluding hydrogens is 274 g/mol. The summed E-state index contributed by atoms with van der Waals surface area (Å²) in [6.07, 6.45) is 1.61. The molecule has 1 aromatic carbocycles. The number of hydrogen-bond acceptors (Lipinski definition) is 5. The largest absolute Gasteiger partial charge is 0.382 e. The molecule has 1 N–H and O–H groups in total. The summed E-state index contributed by atoms with van der Waals surface area (Å²) in [5.41, 5.74) is 1.77. The van der Waals surface area contributed by atoms with Crippen LogP contribution in [0, 0.1) is 6.92 Å². The van der Waals surface area contributed by atoms with Crippen molar-refractivity contribution in [1.29, 1.82) is 0 Å². The fraction of sp³-hybridized carbons (Fsp3) is 0.214. The van der Waals surface area contributed by atoms with Crippen LogP contribution in [-0.2, 0) is 9.63 Å². The molecule has 5 nitrogen and oxygen atoms in total. The highest BCUT2D eigenvalue weighted by Crippen LogP contribution is 2.20. The Hall–Kier alpha value is -2.21. The summed E-state index contributed by atoms with van der Waals surface area (Å²) in [6, 6.07) is 9.71. The highest BCUT2D eigenvalue weighted by Gasteiger charge is 2.29. The van der Waals surface area contributed by atoms with Crippen LogP contribution in [0.2, 0.25) is 0 Å². The Labute approximate surface area is 120 Å². The number of oxime groups is 1. The summed E-state index contributed by atoms with van der Waals surface area (Å²) in [6.45, 7) is 1.94. The van der Waals surface area contributed by atoms with Crippen molar-refractivity contribution < 1.29 is 9.63 Å². The Kier molecular flexibility index (Phi) is 3.47. The summed E-state index contributed by atoms with van der Waals surface area (Å²) >= 11 is 1.44. The van der Waals surface area contributed by atoms with Crippen molar-refractivity contribution in [2.75, 3.05) is 5.32 Å². The Bertz CT molecular complexity index is 651. The van der Waals surface area contributed by atoms with Crippen LogP contribution in [0.15, 0.2) is 41.7 Å². The molecule has 1 atom stereocenters. The monoisotopic (exact) mass is 287 g/mol. The van der Waals surface area contributed by atoms with E-state index in [1.165, 1.54) is 11.3 Å². The van der Waals surface area contributed by atoms with Gasteiger partial charge in [0.25, 0.3) is 5.91 Å². The summed E-state index contributed by atoms with van der Waals surface area (Å²) in [4.78, 5) is 22.4. The van der Waals surface area contributed by atoms with Crippen LogP contribution in [0.1, 0.15) is 16.9 Å². The summed E-state index contributed by atoms with van der Waals surface area (Å²) in [5.74, 6) is -0.214. The van der Waals surface area contributed by atoms with Gasteiger partial charge in [0.05, 0.1) is 5.71 Å². The molecule has 0 bridgehead atoms. The smallest absolute Gasteiger partial charge is 0.270 e. The number of hydrogen-bond donors (Lipinski definition) is 1. The van der Waals surface area contributed by atoms with Crippen LogP contribution < -0.4 is 5.32 Å². The Balaban J connectivity index is 1.62. The van der Waals surface area contributed by atoms with Gasteiger partial charge in [0, 0.05) is 17.5 Å². The SMILES string of the molecule is Cc1cnc(NC(=O)[C@H]2CC(c3ccccc3)=NO2)s1. The van der Waals surface area contributed by atoms with Crippen LogP contribution in [0.3, 0.4) is 0 Å². The van der Waals surface area contributed by atoms with Gasteiger partial charge < -0.3 is 4.84 Å². The minimum Gasteiger partial charge on any atom is -0.382 e. The highest BCUT2D eigenvalue weighted by molar-refractivity contribution is 7.15. The van der Waals surface area contributed by atoms with Crippen molar-refractivity contribution >= 4 is 28.1 Å². The van der Waals surface area contributed by atoms with Crippen LogP contribution >= 0.6 is 11.3 Å². The van der Waals surface area contributed by atoms with Gasteiger partial charge in [-0.25, -0.2) is 4.98 Å². The first-order valence-electron chi connectivity index (χ1n) is 6.24. The zero-order valence-corrected chi connectivity index (χ0v) is 11.7. The van der Waals surface area contributed by atoms with Gasteiger partial charge in [0.15, 0.2) is 5.13 Å². The number of nitrogens with one attached hydrogen (secondary N) is 1. The van der Waals surface area contributed by atoms with Gasteiger partial charge in [-0.15, -0.1) is 11.3 Å². The maximum atomic E-state index is 12.1. The average molecular weight is 287 g/mol. The van der Waals surface area contributed by atoms with Crippen molar-refractivity contribution in [2.24, 2.45) is 5.16 Å². The molecule has 1 amide bonds. The number of carbonyl (C=O) groups is 1. The normalized spacial score (nSPS) is 17.4. The fourth-order valence-corrected chi connectivity index (χ4v) is 2.58. The van der Waals surface area contributed by atoms with E-state index in [4.69, 9.17) is 4.84 Å². The molecule has 0 saturated heterocycles. The lowest BCUT2D eigenvalue weighted by molar-refractivity contribution is -0.125. The lowest BCUT2D eigenvalue weighted by Crippen LogP contribution is -2.27. The van der Waals surface area contributed by atoms with Crippen molar-refractivity contribution in [2.45, 2.75) is 19.4 Å². The quantitative estimate of drug-likeness (QED) is 0.943. The van der Waals surface area contributed by atoms with Crippen molar-refractivity contribution in [1.82, 2.24) is 4.98 Å². The molecular formula is C14H13N3O2S. The van der Waals surface area contributed by atoms with Gasteiger partial charge >= 0.3 is 0 Å². The number of anilines is 1. The minimum atomic E-state index is -0.589. The molecule has 2 heterocycles. The summed E-state index contributed by atoms with van der Waals surface area (Å²) < 4.78 is 0. The van der Waals surface area contributed by atoms with E-state index in [-0.39, 0.29) is 5.91 Å². The van der Waals surface area contributed by atoms with Gasteiger partial charge in [-0.2, -0.15) is 0 Å². The Morgan fingerprint density at radius 3 is 2.90 bits per heavy atom. The van der Waals surface area contributed by atoms with Crippen LogP contribution in [-0.4, -0.2) is 22.7 Å². The van der Waals surface area contributed by atoms with E-state index in [0.29, 0.717) is 11.6 Å². The van der Waals surface area contributed by atoms with E-state index in [9.17, 15) is 4.79 Å². The average Bonchev–Trinajstić information content (AvgIpc) is 3.09. The number of aromatic nitrogens is 1. The number of amides is 1. The first-order chi connectivity index (χ1) is 9.72. The third-order valence-corrected chi connectivity index (χ3v) is 3.75. The molecule has 1 aliphatic rings. The predicted octanol–water partition coefficient (Wildman–Crippen LogP) is 2.58. The third kappa shape index (κ3) is 2.70. The van der Waals surface area contributed by atoms with E-state index < -0.39 is 6.10 Å². The molecule has 0 unspecified atom stereocenters. The second-order valence-corrected chi connectivity index (χ2v) is 5.70. The number of rotatable bonds is 3. The zero-order chi connectivity index (χ0) is 13.9. The first kappa shape index (κ1) is 12.8. The minimum absolute atomic E-state index is 0.214. The number of aryl methyl sites for hydroxylation is 1. The summed E-state index contributed by atoms with van der Waals surface area (Å²) in [5, 5.41) is 7.33. The lowest BCUT2D eigenvalue weighted by atomic mass is 10.1. The van der Waals surface area contributed by atoms with Crippen LogP contribution in [0.25, 0.3) is 0 Å². The molecule has 102 valence electrons. The lowest BCUT2D eigenvalue weighted by Gasteiger charge is -2.06. The van der Waals surface area contributed by atoms with E-state index in [1.54, 1.807) is 6.20 Å². The highest BCUT2D eigenvalue weighted by atomic mass is 32.1. The first-order valence-corrected chi connectivity index (χ1v) is 7.05. The number of nitrogens with zero attached hydrogens (tertiary/aromatic N) is 2. The molecule has 2 aromatic rings. The van der Waals surface area contributed by atoms with Gasteiger partial charge in [0.2, 0.25) is 6.10 Å². The van der Waals surface area contributed by atoms with Gasteiger partial charge in [0.1, 0.15) is 0 Å². The topological polar surface area (TPSA) is 63.6 Å². The van der Waals surface area contributed by atoms with E-state index in [2.05, 4.69) is 15.5 Å². The van der Waals surface area contributed by atoms with Gasteiger partial charge in [-0.05, 0) is 12.5 Å². The van der Waals surface area contributed by atoms with Crippen LogP contribution in [0.5, 0.6) is 0 Å². The standard InChI is InChI=1S/C14H13N3O2S/c1-9-8-15-14(20-9)16-13(18)12-7-11(17-19-12)10-5-3-2-4-6-10/h2-6,8,12H,7H2,1H3,(H,15,16,18)/t12-/m1/s1. The maximum absolute atomic E-state index is 12.1. The molecule has 6 heteroatoms. The molecule has 0 radical (unpaired) electrons. The van der Waals surface area contributed by atoms with Gasteiger partial charge in [-0.3, -0.25) is 10.1 Å². The number of carbonyl (C=O) groups excluding carboxylic acids is 1. The Morgan fingerprint density at radius 1 is 1.40 bits per heavy atom. The Morgan fingerprint density at radius 2 is 2.20 bits per heavy atom. The van der Waals surface area contributed by atoms with E-state index in [0.717, 1.165) is 16.2 Å². The molecule has 1 aliphatic heterocycles. The van der Waals surface area contributed by atoms with Crippen molar-refractivity contribution in [3.8, 4) is 0 Å². The van der Waals surface area contributed by atoms with E-state index in [1.807, 2.05) is 37.3 Å². The molecule has 1 aromatic heterocycles. The van der Waals surface area contributed by atoms with Crippen LogP contribution in [0.4, 0.5) is 5.13 Å². The molecule has 0 fully saturated rings. The zero-order valence-electron chi connectivity index (χ0n) is 10.9. The molecule has 0 spiro atoms. The van der Waals surface area contributed by atoms with Crippen molar-refractivity contribution in [3.05, 3.63) is 47.0 Å².